The Morgan fingerprint density at radius 2 is 1.13 bits per heavy atom. The normalized spacial score (nSPS) is 11.1. The molecule has 0 spiro atoms. The summed E-state index contributed by atoms with van der Waals surface area (Å²) in [5.41, 5.74) is 6.23. The number of aromatic nitrogens is 14. The van der Waals surface area contributed by atoms with Gasteiger partial charge in [0.25, 0.3) is 12.9 Å². The molecule has 16 nitrogen and oxygen atoms in total. The van der Waals surface area contributed by atoms with Crippen molar-refractivity contribution in [2.45, 2.75) is 59.3 Å². The summed E-state index contributed by atoms with van der Waals surface area (Å²) >= 11 is 14.5. The van der Waals surface area contributed by atoms with Crippen LogP contribution in [0.4, 0.5) is 17.6 Å². The third-order valence-electron chi connectivity index (χ3n) is 9.83. The van der Waals surface area contributed by atoms with Crippen molar-refractivity contribution in [3.05, 3.63) is 140 Å². The molecule has 0 saturated heterocycles. The minimum absolute atomic E-state index is 0.141. The molecule has 9 aromatic heterocycles. The molecule has 0 saturated carbocycles. The van der Waals surface area contributed by atoms with Crippen LogP contribution in [0.2, 0.25) is 0 Å². The first-order valence-corrected chi connectivity index (χ1v) is 37.3. The van der Waals surface area contributed by atoms with Crippen molar-refractivity contribution >= 4 is 133 Å². The number of halogens is 9. The molecular formula is C42H36BrF4I4N14O2SV. The predicted molar refractivity (Wildman–Crippen MR) is 287 cm³/mol. The summed E-state index contributed by atoms with van der Waals surface area (Å²) in [5.74, 6) is -1.53. The Morgan fingerprint density at radius 3 is 1.57 bits per heavy atom. The van der Waals surface area contributed by atoms with Gasteiger partial charge in [-0.15, -0.1) is 21.5 Å². The van der Waals surface area contributed by atoms with Crippen molar-refractivity contribution < 1.29 is 32.1 Å². The molecule has 0 aromatic carbocycles. The summed E-state index contributed by atoms with van der Waals surface area (Å²) in [7, 11) is 0. The number of alkyl halides is 5. The molecule has 0 radical (unpaired) electrons. The Bertz CT molecular complexity index is 3170. The Balaban J connectivity index is 0.000000206. The molecule has 360 valence electrons. The van der Waals surface area contributed by atoms with Crippen LogP contribution < -0.4 is 0 Å². The summed E-state index contributed by atoms with van der Waals surface area (Å²) in [6.45, 7) is 5.78. The number of ketones is 2. The number of fused-ring (bicyclic) bond motifs is 2. The Morgan fingerprint density at radius 1 is 0.667 bits per heavy atom. The second kappa shape index (κ2) is 25.8. The van der Waals surface area contributed by atoms with Gasteiger partial charge in [0.1, 0.15) is 16.0 Å². The van der Waals surface area contributed by atoms with Gasteiger partial charge in [-0.3, -0.25) is 28.4 Å². The van der Waals surface area contributed by atoms with Gasteiger partial charge in [0, 0.05) is 65.0 Å². The molecule has 9 heterocycles. The van der Waals surface area contributed by atoms with E-state index < -0.39 is 24.5 Å². The zero-order valence-corrected chi connectivity index (χ0v) is 48.8. The number of nitrogens with zero attached hydrogens (tertiary/aromatic N) is 14. The molecular weight excluding hydrogens is 1480 g/mol. The molecule has 0 aliphatic carbocycles. The minimum atomic E-state index is -2.89. The molecule has 0 bridgehead atoms. The number of rotatable bonds is 13. The van der Waals surface area contributed by atoms with E-state index in [1.54, 1.807) is 51.1 Å². The van der Waals surface area contributed by atoms with Gasteiger partial charge in [0.15, 0.2) is 22.9 Å². The summed E-state index contributed by atoms with van der Waals surface area (Å²) < 4.78 is 59.4. The number of thiophene rings is 1. The molecule has 0 aliphatic heterocycles. The van der Waals surface area contributed by atoms with E-state index in [4.69, 9.17) is 0 Å². The van der Waals surface area contributed by atoms with Gasteiger partial charge in [-0.2, -0.15) is 9.36 Å². The summed E-state index contributed by atoms with van der Waals surface area (Å²) in [6.07, 6.45) is 5.67. The number of imidazole rings is 2. The first-order chi connectivity index (χ1) is 33.1. The van der Waals surface area contributed by atoms with Crippen LogP contribution in [0.15, 0.2) is 90.3 Å². The average molecular weight is 1520 g/mol. The third-order valence-corrected chi connectivity index (χ3v) is 11.4. The van der Waals surface area contributed by atoms with E-state index in [-0.39, 0.29) is 40.7 Å². The molecule has 9 aromatic rings. The van der Waals surface area contributed by atoms with Crippen molar-refractivity contribution in [2.24, 2.45) is 0 Å². The molecule has 0 aliphatic rings. The van der Waals surface area contributed by atoms with E-state index >= 15 is 0 Å². The summed E-state index contributed by atoms with van der Waals surface area (Å²) in [4.78, 5) is 46.9. The first kappa shape index (κ1) is 54.9. The second-order valence-electron chi connectivity index (χ2n) is 14.4. The van der Waals surface area contributed by atoms with E-state index in [0.29, 0.717) is 39.9 Å². The van der Waals surface area contributed by atoms with E-state index in [0.717, 1.165) is 47.3 Å². The fourth-order valence-corrected chi connectivity index (χ4v) is 7.83. The molecule has 27 heteroatoms. The predicted octanol–water partition coefficient (Wildman–Crippen LogP) is 12.0. The summed E-state index contributed by atoms with van der Waals surface area (Å²) in [5, 5.41) is 21.0. The molecule has 69 heavy (non-hydrogen) atoms. The zero-order chi connectivity index (χ0) is 49.9. The number of carbonyl (C=O) groups is 2. The second-order valence-corrected chi connectivity index (χ2v) is 51.9. The van der Waals surface area contributed by atoms with Gasteiger partial charge in [-0.05, 0) is 123 Å². The van der Waals surface area contributed by atoms with Crippen molar-refractivity contribution in [2.75, 3.05) is 4.93 Å². The maximum atomic E-state index is 13.6. The van der Waals surface area contributed by atoms with Crippen molar-refractivity contribution in [3.63, 3.8) is 0 Å². The SMILES string of the molecule is CI.Cc1ccc(CCC(=O)c2cc(-n3nnnc3C(F)F)c3ncc(-c4ccc(C)s4)n3c2)cn1.Cc1ccc(CCC(=O)c2cc(-n3nnnc3C(F)F)c3ncc(Br)n3c2)cn1.[I][V]([I])[I]. The van der Waals surface area contributed by atoms with Crippen molar-refractivity contribution in [1.29, 1.82) is 0 Å². The van der Waals surface area contributed by atoms with Gasteiger partial charge in [-0.25, -0.2) is 27.5 Å². The van der Waals surface area contributed by atoms with Crippen LogP contribution in [0.25, 0.3) is 33.2 Å². The topological polar surface area (TPSA) is 182 Å². The van der Waals surface area contributed by atoms with Crippen LogP contribution in [-0.2, 0) is 17.8 Å². The van der Waals surface area contributed by atoms with E-state index in [2.05, 4.69) is 149 Å². The van der Waals surface area contributed by atoms with E-state index in [1.165, 1.54) is 18.3 Å². The standard InChI is InChI=1S/C23H19F2N7OS.C18H14BrF2N7O.CH3I.3HI.V/c1-13-3-5-15(10-26-13)6-7-19(33)16-9-17(32-23(21(24)25)28-29-30-32)22-27-11-18(31(22)12-16)20-8-4-14(2)34-20;1-10-2-3-11(7-22-10)4-5-14(29)12-6-13(17-23-8-15(19)27(17)9-12)28-18(16(20)21)24-25-26-28;1-2;;;;/h3-5,8-12,21H,6-7H2,1-2H3;2-3,6-9,16H,4-5H2,1H3;1H3;3*1H;/q;;;;;;+3/p-3. The molecule has 0 unspecified atom stereocenters. The number of hydrogen-bond acceptors (Lipinski definition) is 13. The van der Waals surface area contributed by atoms with Gasteiger partial charge in [0.05, 0.1) is 23.0 Å². The van der Waals surface area contributed by atoms with Crippen LogP contribution in [0.5, 0.6) is 0 Å². The van der Waals surface area contributed by atoms with Gasteiger partial charge >= 0.3 is 64.9 Å². The van der Waals surface area contributed by atoms with Crippen molar-refractivity contribution in [1.82, 2.24) is 69.2 Å². The van der Waals surface area contributed by atoms with E-state index in [1.807, 2.05) is 62.1 Å². The van der Waals surface area contributed by atoms with Gasteiger partial charge in [-0.1, -0.05) is 34.7 Å². The number of carbonyl (C=O) groups excluding carboxylic acids is 2. The fourth-order valence-electron chi connectivity index (χ4n) is 6.58. The Kier molecular flexibility index (Phi) is 20.5. The van der Waals surface area contributed by atoms with E-state index in [9.17, 15) is 27.2 Å². The summed E-state index contributed by atoms with van der Waals surface area (Å²) in [6, 6.07) is 14.6. The van der Waals surface area contributed by atoms with Gasteiger partial charge in [0.2, 0.25) is 11.6 Å². The Labute approximate surface area is 455 Å². The molecule has 0 amide bonds. The van der Waals surface area contributed by atoms with Crippen LogP contribution in [0, 0.1) is 20.8 Å². The maximum absolute atomic E-state index is 13.6. The quantitative estimate of drug-likeness (QED) is 0.0462. The number of pyridine rings is 4. The molecule has 0 fully saturated rings. The van der Waals surface area contributed by atoms with Gasteiger partial charge < -0.3 is 0 Å². The van der Waals surface area contributed by atoms with Crippen molar-refractivity contribution in [3.8, 4) is 21.9 Å². The number of Topliss-reactive ketones (excluding diaryl/α,β-unsaturated/α-hetero) is 2. The number of aryl methyl sites for hydroxylation is 5. The zero-order valence-electron chi connectivity index (χ0n) is 36.4. The molecule has 9 rings (SSSR count). The first-order valence-electron chi connectivity index (χ1n) is 20.0. The fraction of sp³-hybridized carbons (Fsp3) is 0.238. The monoisotopic (exact) mass is 1510 g/mol. The Hall–Kier alpha value is -3.44. The molecule has 0 N–H and O–H groups in total. The number of hydrogen-bond donors (Lipinski definition) is 0. The average Bonchev–Trinajstić information content (AvgIpc) is 4.20. The van der Waals surface area contributed by atoms with Crippen LogP contribution >= 0.6 is 110 Å². The third kappa shape index (κ3) is 14.2. The van der Waals surface area contributed by atoms with Crippen LogP contribution in [0.1, 0.15) is 85.4 Å². The number of tetrazole rings is 2. The molecule has 0 atom stereocenters. The van der Waals surface area contributed by atoms with Crippen LogP contribution in [-0.4, -0.2) is 85.6 Å². The van der Waals surface area contributed by atoms with Crippen LogP contribution in [0.3, 0.4) is 0 Å².